The molecule has 2 N–H and O–H groups in total. The summed E-state index contributed by atoms with van der Waals surface area (Å²) in [5.74, 6) is -0.209. The SMILES string of the molecule is Cc1ccc(F)cc1Cn1cnc(CN)c1. The molecule has 0 aliphatic carbocycles. The third-order valence-corrected chi connectivity index (χ3v) is 2.56. The zero-order valence-electron chi connectivity index (χ0n) is 9.15. The predicted molar refractivity (Wildman–Crippen MR) is 60.4 cm³/mol. The van der Waals surface area contributed by atoms with E-state index in [-0.39, 0.29) is 5.82 Å². The molecular formula is C12H14FN3. The number of imidazole rings is 1. The lowest BCUT2D eigenvalue weighted by atomic mass is 10.1. The predicted octanol–water partition coefficient (Wildman–Crippen LogP) is 1.84. The van der Waals surface area contributed by atoms with E-state index in [0.717, 1.165) is 16.8 Å². The van der Waals surface area contributed by atoms with Gasteiger partial charge in [-0.1, -0.05) is 6.07 Å². The summed E-state index contributed by atoms with van der Waals surface area (Å²) < 4.78 is 15.0. The molecule has 1 aromatic heterocycles. The molecule has 1 aromatic carbocycles. The number of hydrogen-bond acceptors (Lipinski definition) is 2. The average molecular weight is 219 g/mol. The Hall–Kier alpha value is -1.68. The van der Waals surface area contributed by atoms with E-state index in [2.05, 4.69) is 4.98 Å². The maximum Gasteiger partial charge on any atom is 0.123 e. The van der Waals surface area contributed by atoms with Gasteiger partial charge < -0.3 is 10.3 Å². The minimum absolute atomic E-state index is 0.209. The second-order valence-corrected chi connectivity index (χ2v) is 3.81. The van der Waals surface area contributed by atoms with Gasteiger partial charge in [0, 0.05) is 19.3 Å². The molecule has 4 heteroatoms. The summed E-state index contributed by atoms with van der Waals surface area (Å²) in [5.41, 5.74) is 8.35. The van der Waals surface area contributed by atoms with Crippen LogP contribution in [0.2, 0.25) is 0 Å². The summed E-state index contributed by atoms with van der Waals surface area (Å²) in [6.07, 6.45) is 3.59. The monoisotopic (exact) mass is 219 g/mol. The first kappa shape index (κ1) is 10.8. The van der Waals surface area contributed by atoms with Crippen LogP contribution in [0, 0.1) is 12.7 Å². The van der Waals surface area contributed by atoms with Crippen molar-refractivity contribution in [2.75, 3.05) is 0 Å². The molecule has 0 bridgehead atoms. The Morgan fingerprint density at radius 3 is 2.94 bits per heavy atom. The highest BCUT2D eigenvalue weighted by molar-refractivity contribution is 5.26. The second-order valence-electron chi connectivity index (χ2n) is 3.81. The number of benzene rings is 1. The number of nitrogens with two attached hydrogens (primary N) is 1. The Balaban J connectivity index is 2.22. The van der Waals surface area contributed by atoms with Gasteiger partial charge in [-0.3, -0.25) is 0 Å². The van der Waals surface area contributed by atoms with Gasteiger partial charge in [0.1, 0.15) is 5.82 Å². The normalized spacial score (nSPS) is 10.7. The van der Waals surface area contributed by atoms with Crippen molar-refractivity contribution in [2.24, 2.45) is 5.73 Å². The highest BCUT2D eigenvalue weighted by Crippen LogP contribution is 2.12. The van der Waals surface area contributed by atoms with E-state index in [0.29, 0.717) is 13.1 Å². The lowest BCUT2D eigenvalue weighted by molar-refractivity contribution is 0.622. The van der Waals surface area contributed by atoms with Crippen LogP contribution in [0.15, 0.2) is 30.7 Å². The van der Waals surface area contributed by atoms with E-state index >= 15 is 0 Å². The van der Waals surface area contributed by atoms with Gasteiger partial charge in [0.15, 0.2) is 0 Å². The standard InChI is InChI=1S/C12H14FN3/c1-9-2-3-11(13)4-10(9)6-16-7-12(5-14)15-8-16/h2-4,7-8H,5-6,14H2,1H3. The number of aromatic nitrogens is 2. The van der Waals surface area contributed by atoms with Crippen LogP contribution in [0.5, 0.6) is 0 Å². The van der Waals surface area contributed by atoms with Gasteiger partial charge in [0.2, 0.25) is 0 Å². The molecule has 0 fully saturated rings. The lowest BCUT2D eigenvalue weighted by Gasteiger charge is -2.06. The summed E-state index contributed by atoms with van der Waals surface area (Å²) in [5, 5.41) is 0. The van der Waals surface area contributed by atoms with E-state index in [9.17, 15) is 4.39 Å². The van der Waals surface area contributed by atoms with Crippen molar-refractivity contribution in [2.45, 2.75) is 20.0 Å². The molecule has 3 nitrogen and oxygen atoms in total. The van der Waals surface area contributed by atoms with E-state index in [4.69, 9.17) is 5.73 Å². The van der Waals surface area contributed by atoms with E-state index < -0.39 is 0 Å². The van der Waals surface area contributed by atoms with Crippen molar-refractivity contribution in [3.05, 3.63) is 53.4 Å². The Morgan fingerprint density at radius 1 is 1.44 bits per heavy atom. The molecule has 16 heavy (non-hydrogen) atoms. The fourth-order valence-electron chi connectivity index (χ4n) is 1.61. The molecule has 0 saturated carbocycles. The van der Waals surface area contributed by atoms with Crippen molar-refractivity contribution < 1.29 is 4.39 Å². The number of rotatable bonds is 3. The van der Waals surface area contributed by atoms with Crippen LogP contribution >= 0.6 is 0 Å². The third-order valence-electron chi connectivity index (χ3n) is 2.56. The third kappa shape index (κ3) is 2.28. The first-order valence-electron chi connectivity index (χ1n) is 5.15. The molecule has 84 valence electrons. The van der Waals surface area contributed by atoms with Crippen molar-refractivity contribution in [1.82, 2.24) is 9.55 Å². The van der Waals surface area contributed by atoms with Gasteiger partial charge in [0.05, 0.1) is 12.0 Å². The first-order valence-corrected chi connectivity index (χ1v) is 5.15. The number of nitrogens with zero attached hydrogens (tertiary/aromatic N) is 2. The van der Waals surface area contributed by atoms with Crippen LogP contribution < -0.4 is 5.73 Å². The maximum atomic E-state index is 13.1. The van der Waals surface area contributed by atoms with Crippen molar-refractivity contribution in [3.63, 3.8) is 0 Å². The lowest BCUT2D eigenvalue weighted by Crippen LogP contribution is -2.00. The largest absolute Gasteiger partial charge is 0.333 e. The Bertz CT molecular complexity index is 491. The van der Waals surface area contributed by atoms with Crippen molar-refractivity contribution in [1.29, 1.82) is 0 Å². The molecule has 0 aliphatic heterocycles. The smallest absolute Gasteiger partial charge is 0.123 e. The van der Waals surface area contributed by atoms with E-state index in [1.54, 1.807) is 18.5 Å². The van der Waals surface area contributed by atoms with Crippen LogP contribution in [0.1, 0.15) is 16.8 Å². The topological polar surface area (TPSA) is 43.8 Å². The van der Waals surface area contributed by atoms with Gasteiger partial charge in [-0.2, -0.15) is 0 Å². The van der Waals surface area contributed by atoms with Crippen LogP contribution in [-0.4, -0.2) is 9.55 Å². The minimum Gasteiger partial charge on any atom is -0.333 e. The number of aryl methyl sites for hydroxylation is 1. The molecule has 0 radical (unpaired) electrons. The molecule has 0 unspecified atom stereocenters. The summed E-state index contributed by atoms with van der Waals surface area (Å²) in [6, 6.07) is 4.81. The van der Waals surface area contributed by atoms with Crippen LogP contribution in [0.25, 0.3) is 0 Å². The average Bonchev–Trinajstić information content (AvgIpc) is 2.71. The zero-order valence-corrected chi connectivity index (χ0v) is 9.15. The van der Waals surface area contributed by atoms with Gasteiger partial charge in [-0.05, 0) is 30.2 Å². The minimum atomic E-state index is -0.209. The summed E-state index contributed by atoms with van der Waals surface area (Å²) >= 11 is 0. The van der Waals surface area contributed by atoms with Crippen LogP contribution in [0.3, 0.4) is 0 Å². The Morgan fingerprint density at radius 2 is 2.25 bits per heavy atom. The summed E-state index contributed by atoms with van der Waals surface area (Å²) in [6.45, 7) is 3.02. The fraction of sp³-hybridized carbons (Fsp3) is 0.250. The molecule has 0 saturated heterocycles. The van der Waals surface area contributed by atoms with Crippen LogP contribution in [0.4, 0.5) is 4.39 Å². The second kappa shape index (κ2) is 4.45. The maximum absolute atomic E-state index is 13.1. The molecule has 0 spiro atoms. The van der Waals surface area contributed by atoms with Gasteiger partial charge in [-0.25, -0.2) is 9.37 Å². The number of hydrogen-bond donors (Lipinski definition) is 1. The number of halogens is 1. The molecule has 2 rings (SSSR count). The van der Waals surface area contributed by atoms with Gasteiger partial charge >= 0.3 is 0 Å². The van der Waals surface area contributed by atoms with Crippen LogP contribution in [-0.2, 0) is 13.1 Å². The first-order chi connectivity index (χ1) is 7.69. The van der Waals surface area contributed by atoms with E-state index in [1.165, 1.54) is 6.07 Å². The molecule has 0 atom stereocenters. The zero-order chi connectivity index (χ0) is 11.5. The molecule has 0 amide bonds. The summed E-state index contributed by atoms with van der Waals surface area (Å²) in [4.78, 5) is 4.13. The van der Waals surface area contributed by atoms with Gasteiger partial charge in [-0.15, -0.1) is 0 Å². The molecule has 1 heterocycles. The van der Waals surface area contributed by atoms with Crippen molar-refractivity contribution in [3.8, 4) is 0 Å². The highest BCUT2D eigenvalue weighted by atomic mass is 19.1. The highest BCUT2D eigenvalue weighted by Gasteiger charge is 2.02. The quantitative estimate of drug-likeness (QED) is 0.856. The molecule has 0 aliphatic rings. The van der Waals surface area contributed by atoms with Crippen molar-refractivity contribution >= 4 is 0 Å². The Kier molecular flexibility index (Phi) is 3.01. The fourth-order valence-corrected chi connectivity index (χ4v) is 1.61. The molecule has 2 aromatic rings. The summed E-state index contributed by atoms with van der Waals surface area (Å²) in [7, 11) is 0. The Labute approximate surface area is 93.7 Å². The van der Waals surface area contributed by atoms with Gasteiger partial charge in [0.25, 0.3) is 0 Å². The van der Waals surface area contributed by atoms with E-state index in [1.807, 2.05) is 17.7 Å². The molecular weight excluding hydrogens is 205 g/mol.